The molecule has 0 unspecified atom stereocenters. The van der Waals surface area contributed by atoms with Gasteiger partial charge in [0.2, 0.25) is 5.56 Å². The summed E-state index contributed by atoms with van der Waals surface area (Å²) in [6.07, 6.45) is 0. The summed E-state index contributed by atoms with van der Waals surface area (Å²) < 4.78 is 0. The van der Waals surface area contributed by atoms with Crippen LogP contribution in [0.3, 0.4) is 0 Å². The molecule has 0 radical (unpaired) electrons. The van der Waals surface area contributed by atoms with Gasteiger partial charge in [0.15, 0.2) is 0 Å². The monoisotopic (exact) mass is 402 g/mol. The molecule has 0 aliphatic rings. The molecule has 4 rings (SSSR count). The van der Waals surface area contributed by atoms with Crippen molar-refractivity contribution in [3.05, 3.63) is 111 Å². The lowest BCUT2D eigenvalue weighted by atomic mass is 10.1. The zero-order valence-corrected chi connectivity index (χ0v) is 16.6. The third-order valence-corrected chi connectivity index (χ3v) is 5.16. The predicted molar refractivity (Wildman–Crippen MR) is 118 cm³/mol. The van der Waals surface area contributed by atoms with E-state index in [2.05, 4.69) is 4.98 Å². The van der Waals surface area contributed by atoms with Crippen LogP contribution in [0.2, 0.25) is 5.02 Å². The smallest absolute Gasteiger partial charge is 0.258 e. The van der Waals surface area contributed by atoms with Gasteiger partial charge in [0.05, 0.1) is 6.54 Å². The molecular weight excluding hydrogens is 384 g/mol. The molecule has 5 heteroatoms. The minimum Gasteiger partial charge on any atom is -0.322 e. The van der Waals surface area contributed by atoms with Crippen molar-refractivity contribution >= 4 is 34.1 Å². The van der Waals surface area contributed by atoms with Gasteiger partial charge in [0.25, 0.3) is 5.91 Å². The first-order valence-corrected chi connectivity index (χ1v) is 9.65. The molecular formula is C24H19ClN2O2. The molecule has 0 aliphatic heterocycles. The number of benzene rings is 3. The summed E-state index contributed by atoms with van der Waals surface area (Å²) in [5.41, 5.74) is 3.66. The lowest BCUT2D eigenvalue weighted by Crippen LogP contribution is -2.31. The molecule has 1 aromatic heterocycles. The first-order valence-electron chi connectivity index (χ1n) is 9.27. The number of nitrogens with one attached hydrogen (secondary N) is 1. The number of nitrogens with zero attached hydrogens (tertiary/aromatic N) is 1. The van der Waals surface area contributed by atoms with Gasteiger partial charge in [-0.25, -0.2) is 0 Å². The number of amides is 1. The van der Waals surface area contributed by atoms with Crippen molar-refractivity contribution < 1.29 is 4.79 Å². The Morgan fingerprint density at radius 1 is 0.966 bits per heavy atom. The largest absolute Gasteiger partial charge is 0.322 e. The summed E-state index contributed by atoms with van der Waals surface area (Å²) in [6, 6.07) is 23.7. The number of aryl methyl sites for hydroxylation is 1. The lowest BCUT2D eigenvalue weighted by Gasteiger charge is -2.25. The highest BCUT2D eigenvalue weighted by Crippen LogP contribution is 2.26. The van der Waals surface area contributed by atoms with E-state index in [4.69, 9.17) is 11.6 Å². The molecule has 29 heavy (non-hydrogen) atoms. The van der Waals surface area contributed by atoms with Crippen molar-refractivity contribution in [3.63, 3.8) is 0 Å². The molecule has 1 amide bonds. The van der Waals surface area contributed by atoms with Crippen molar-refractivity contribution in [3.8, 4) is 0 Å². The highest BCUT2D eigenvalue weighted by Gasteiger charge is 2.21. The van der Waals surface area contributed by atoms with E-state index in [0.29, 0.717) is 10.6 Å². The third kappa shape index (κ3) is 3.93. The molecule has 144 valence electrons. The number of rotatable bonds is 4. The summed E-state index contributed by atoms with van der Waals surface area (Å²) in [4.78, 5) is 30.2. The van der Waals surface area contributed by atoms with Crippen LogP contribution in [0.5, 0.6) is 0 Å². The van der Waals surface area contributed by atoms with Gasteiger partial charge in [-0.15, -0.1) is 0 Å². The number of carbonyl (C=O) groups excluding carboxylic acids is 1. The summed E-state index contributed by atoms with van der Waals surface area (Å²) in [6.45, 7) is 2.24. The second kappa shape index (κ2) is 7.94. The third-order valence-electron chi connectivity index (χ3n) is 4.91. The molecule has 0 atom stereocenters. The zero-order chi connectivity index (χ0) is 20.4. The lowest BCUT2D eigenvalue weighted by molar-refractivity contribution is 0.0985. The molecule has 0 saturated heterocycles. The van der Waals surface area contributed by atoms with Crippen molar-refractivity contribution in [1.82, 2.24) is 4.98 Å². The molecule has 1 heterocycles. The van der Waals surface area contributed by atoms with Crippen LogP contribution in [0.1, 0.15) is 21.5 Å². The van der Waals surface area contributed by atoms with Crippen LogP contribution >= 0.6 is 11.6 Å². The molecule has 0 bridgehead atoms. The van der Waals surface area contributed by atoms with Crippen LogP contribution in [0.4, 0.5) is 5.69 Å². The van der Waals surface area contributed by atoms with Crippen LogP contribution in [0, 0.1) is 6.92 Å². The average molecular weight is 403 g/mol. The Hall–Kier alpha value is -3.37. The van der Waals surface area contributed by atoms with E-state index in [1.807, 2.05) is 55.5 Å². The van der Waals surface area contributed by atoms with Crippen molar-refractivity contribution in [2.75, 3.05) is 4.90 Å². The average Bonchev–Trinajstić information content (AvgIpc) is 2.72. The fourth-order valence-corrected chi connectivity index (χ4v) is 3.59. The fourth-order valence-electron chi connectivity index (χ4n) is 3.46. The summed E-state index contributed by atoms with van der Waals surface area (Å²) in [5, 5.41) is 1.49. The van der Waals surface area contributed by atoms with Crippen molar-refractivity contribution in [2.24, 2.45) is 0 Å². The van der Waals surface area contributed by atoms with Crippen LogP contribution in [0.25, 0.3) is 10.9 Å². The number of pyridine rings is 1. The van der Waals surface area contributed by atoms with Crippen LogP contribution in [0.15, 0.2) is 83.7 Å². The standard InChI is InChI=1S/C24H19ClN2O2/c1-16-6-2-5-9-22(16)27(24(29)17-10-12-19(25)13-11-17)15-18-14-23(28)26-21-8-4-3-7-20(18)21/h2-14H,15H2,1H3,(H,26,28). The first kappa shape index (κ1) is 19.0. The normalized spacial score (nSPS) is 10.8. The number of H-pyrrole nitrogens is 1. The van der Waals surface area contributed by atoms with Gasteiger partial charge in [0, 0.05) is 33.2 Å². The Balaban J connectivity index is 1.84. The molecule has 1 N–H and O–H groups in total. The second-order valence-electron chi connectivity index (χ2n) is 6.89. The number of anilines is 1. The number of halogens is 1. The van der Waals surface area contributed by atoms with E-state index in [0.717, 1.165) is 27.7 Å². The van der Waals surface area contributed by atoms with Crippen LogP contribution in [-0.4, -0.2) is 10.9 Å². The van der Waals surface area contributed by atoms with Gasteiger partial charge in [-0.1, -0.05) is 48.0 Å². The maximum absolute atomic E-state index is 13.4. The van der Waals surface area contributed by atoms with Crippen LogP contribution < -0.4 is 10.5 Å². The molecule has 3 aromatic carbocycles. The predicted octanol–water partition coefficient (Wildman–Crippen LogP) is 5.34. The Morgan fingerprint density at radius 2 is 1.66 bits per heavy atom. The number of fused-ring (bicyclic) bond motifs is 1. The number of hydrogen-bond donors (Lipinski definition) is 1. The number of aromatic amines is 1. The van der Waals surface area contributed by atoms with Gasteiger partial charge in [0.1, 0.15) is 0 Å². The Bertz CT molecular complexity index is 1250. The highest BCUT2D eigenvalue weighted by atomic mass is 35.5. The van der Waals surface area contributed by atoms with Gasteiger partial charge in [-0.3, -0.25) is 9.59 Å². The maximum Gasteiger partial charge on any atom is 0.258 e. The summed E-state index contributed by atoms with van der Waals surface area (Å²) >= 11 is 5.99. The molecule has 4 nitrogen and oxygen atoms in total. The summed E-state index contributed by atoms with van der Waals surface area (Å²) in [5.74, 6) is -0.152. The topological polar surface area (TPSA) is 53.2 Å². The van der Waals surface area contributed by atoms with Gasteiger partial charge < -0.3 is 9.88 Å². The van der Waals surface area contributed by atoms with E-state index >= 15 is 0 Å². The second-order valence-corrected chi connectivity index (χ2v) is 7.33. The van der Waals surface area contributed by atoms with E-state index in [-0.39, 0.29) is 18.0 Å². The van der Waals surface area contributed by atoms with E-state index < -0.39 is 0 Å². The van der Waals surface area contributed by atoms with Crippen molar-refractivity contribution in [2.45, 2.75) is 13.5 Å². The van der Waals surface area contributed by atoms with Gasteiger partial charge >= 0.3 is 0 Å². The van der Waals surface area contributed by atoms with E-state index in [1.54, 1.807) is 35.2 Å². The van der Waals surface area contributed by atoms with Gasteiger partial charge in [-0.05, 0) is 54.4 Å². The Morgan fingerprint density at radius 3 is 2.41 bits per heavy atom. The molecule has 0 fully saturated rings. The summed E-state index contributed by atoms with van der Waals surface area (Å²) in [7, 11) is 0. The zero-order valence-electron chi connectivity index (χ0n) is 15.9. The molecule has 0 spiro atoms. The number of para-hydroxylation sites is 2. The fraction of sp³-hybridized carbons (Fsp3) is 0.0833. The number of aromatic nitrogens is 1. The van der Waals surface area contributed by atoms with Gasteiger partial charge in [-0.2, -0.15) is 0 Å². The maximum atomic E-state index is 13.4. The quantitative estimate of drug-likeness (QED) is 0.501. The first-order chi connectivity index (χ1) is 14.0. The SMILES string of the molecule is Cc1ccccc1N(Cc1cc(=O)[nH]c2ccccc12)C(=O)c1ccc(Cl)cc1. The Kier molecular flexibility index (Phi) is 5.19. The molecule has 0 aliphatic carbocycles. The Labute approximate surface area is 173 Å². The molecule has 0 saturated carbocycles. The van der Waals surface area contributed by atoms with Crippen LogP contribution in [-0.2, 0) is 6.54 Å². The van der Waals surface area contributed by atoms with E-state index in [9.17, 15) is 9.59 Å². The number of hydrogen-bond acceptors (Lipinski definition) is 2. The minimum atomic E-state index is -0.192. The highest BCUT2D eigenvalue weighted by molar-refractivity contribution is 6.30. The molecule has 4 aromatic rings. The van der Waals surface area contributed by atoms with Crippen molar-refractivity contribution in [1.29, 1.82) is 0 Å². The van der Waals surface area contributed by atoms with E-state index in [1.165, 1.54) is 0 Å². The number of carbonyl (C=O) groups is 1. The minimum absolute atomic E-state index is 0.152.